The summed E-state index contributed by atoms with van der Waals surface area (Å²) >= 11 is 0. The normalized spacial score (nSPS) is 13.9. The third kappa shape index (κ3) is 4.17. The first-order valence-corrected chi connectivity index (χ1v) is 11.2. The highest BCUT2D eigenvalue weighted by Crippen LogP contribution is 2.30. The molecule has 0 radical (unpaired) electrons. The molecule has 1 aromatic carbocycles. The Bertz CT molecular complexity index is 1310. The molecule has 8 nitrogen and oxygen atoms in total. The van der Waals surface area contributed by atoms with Crippen LogP contribution in [0.3, 0.4) is 0 Å². The second-order valence-corrected chi connectivity index (χ2v) is 8.03. The van der Waals surface area contributed by atoms with Gasteiger partial charge in [-0.1, -0.05) is 6.07 Å². The average Bonchev–Trinajstić information content (AvgIpc) is 3.25. The molecule has 0 spiro atoms. The van der Waals surface area contributed by atoms with Crippen molar-refractivity contribution in [2.24, 2.45) is 0 Å². The smallest absolute Gasteiger partial charge is 0.254 e. The van der Waals surface area contributed by atoms with E-state index in [-0.39, 0.29) is 5.91 Å². The molecule has 3 aromatic heterocycles. The van der Waals surface area contributed by atoms with Crippen LogP contribution >= 0.6 is 0 Å². The molecule has 1 amide bonds. The number of hydrogen-bond acceptors (Lipinski definition) is 6. The molecule has 1 aliphatic heterocycles. The molecule has 1 aliphatic rings. The number of aromatic nitrogens is 4. The van der Waals surface area contributed by atoms with Crippen molar-refractivity contribution >= 4 is 28.6 Å². The Balaban J connectivity index is 1.43. The van der Waals surface area contributed by atoms with Gasteiger partial charge in [0.05, 0.1) is 29.9 Å². The van der Waals surface area contributed by atoms with E-state index in [9.17, 15) is 4.79 Å². The Kier molecular flexibility index (Phi) is 5.75. The van der Waals surface area contributed by atoms with Crippen LogP contribution < -0.4 is 5.32 Å². The zero-order chi connectivity index (χ0) is 22.8. The van der Waals surface area contributed by atoms with Gasteiger partial charge in [-0.25, -0.2) is 9.97 Å². The summed E-state index contributed by atoms with van der Waals surface area (Å²) in [6, 6.07) is 11.3. The number of amides is 1. The summed E-state index contributed by atoms with van der Waals surface area (Å²) < 4.78 is 7.55. The van der Waals surface area contributed by atoms with Gasteiger partial charge in [0.15, 0.2) is 0 Å². The van der Waals surface area contributed by atoms with Crippen LogP contribution in [0.2, 0.25) is 0 Å². The second-order valence-electron chi connectivity index (χ2n) is 8.03. The summed E-state index contributed by atoms with van der Waals surface area (Å²) in [6.07, 6.45) is 5.66. The van der Waals surface area contributed by atoms with Crippen molar-refractivity contribution in [2.45, 2.75) is 20.4 Å². The van der Waals surface area contributed by atoms with E-state index in [0.717, 1.165) is 34.5 Å². The van der Waals surface area contributed by atoms with Crippen LogP contribution in [0, 0.1) is 6.92 Å². The molecule has 1 N–H and O–H groups in total. The van der Waals surface area contributed by atoms with Crippen molar-refractivity contribution < 1.29 is 9.53 Å². The quantitative estimate of drug-likeness (QED) is 0.502. The summed E-state index contributed by atoms with van der Waals surface area (Å²) in [4.78, 5) is 28.4. The summed E-state index contributed by atoms with van der Waals surface area (Å²) in [6.45, 7) is 7.44. The van der Waals surface area contributed by atoms with E-state index >= 15 is 0 Å². The highest BCUT2D eigenvalue weighted by atomic mass is 16.5. The maximum absolute atomic E-state index is 12.8. The molecule has 0 aliphatic carbocycles. The van der Waals surface area contributed by atoms with Crippen molar-refractivity contribution in [3.8, 4) is 11.3 Å². The fourth-order valence-electron chi connectivity index (χ4n) is 4.21. The number of rotatable bonds is 5. The van der Waals surface area contributed by atoms with Crippen LogP contribution in [0.1, 0.15) is 22.8 Å². The molecule has 8 heteroatoms. The fourth-order valence-corrected chi connectivity index (χ4v) is 4.21. The first-order chi connectivity index (χ1) is 16.1. The van der Waals surface area contributed by atoms with E-state index in [0.29, 0.717) is 37.8 Å². The van der Waals surface area contributed by atoms with Crippen molar-refractivity contribution in [1.82, 2.24) is 24.4 Å². The van der Waals surface area contributed by atoms with Crippen LogP contribution in [-0.4, -0.2) is 56.6 Å². The van der Waals surface area contributed by atoms with Crippen molar-refractivity contribution in [2.75, 3.05) is 31.6 Å². The van der Waals surface area contributed by atoms with Gasteiger partial charge in [0, 0.05) is 55.0 Å². The van der Waals surface area contributed by atoms with Gasteiger partial charge in [0.1, 0.15) is 0 Å². The van der Waals surface area contributed by atoms with E-state index in [1.54, 1.807) is 6.20 Å². The topological polar surface area (TPSA) is 85.2 Å². The standard InChI is InChI=1S/C25H26N6O2/c1-3-30-16-20(22-23(30)17(2)7-9-26-22)21-8-10-27-25(29-21)28-19-6-4-5-18(15-19)24(32)31-11-13-33-14-12-31/h4-10,15-16H,3,11-14H2,1-2H3,(H,27,28,29). The molecule has 0 unspecified atom stereocenters. The van der Waals surface area contributed by atoms with E-state index in [2.05, 4.69) is 39.9 Å². The van der Waals surface area contributed by atoms with Crippen molar-refractivity contribution in [3.05, 3.63) is 66.1 Å². The molecule has 0 saturated carbocycles. The number of ether oxygens (including phenoxy) is 1. The lowest BCUT2D eigenvalue weighted by atomic mass is 10.1. The number of aryl methyl sites for hydroxylation is 2. The minimum Gasteiger partial charge on any atom is -0.378 e. The van der Waals surface area contributed by atoms with Crippen LogP contribution in [-0.2, 0) is 11.3 Å². The van der Waals surface area contributed by atoms with Gasteiger partial charge in [0.25, 0.3) is 5.91 Å². The summed E-state index contributed by atoms with van der Waals surface area (Å²) in [5, 5.41) is 3.25. The SMILES string of the molecule is CCn1cc(-c2ccnc(Nc3cccc(C(=O)N4CCOCC4)c3)n2)c2nccc(C)c21. The fraction of sp³-hybridized carbons (Fsp3) is 0.280. The molecule has 4 heterocycles. The first kappa shape index (κ1) is 21.1. The Labute approximate surface area is 192 Å². The van der Waals surface area contributed by atoms with E-state index in [1.165, 1.54) is 5.56 Å². The lowest BCUT2D eigenvalue weighted by molar-refractivity contribution is 0.0303. The zero-order valence-corrected chi connectivity index (χ0v) is 18.8. The van der Waals surface area contributed by atoms with Gasteiger partial charge >= 0.3 is 0 Å². The molecule has 5 rings (SSSR count). The Morgan fingerprint density at radius 3 is 2.76 bits per heavy atom. The highest BCUT2D eigenvalue weighted by Gasteiger charge is 2.19. The summed E-state index contributed by atoms with van der Waals surface area (Å²) in [5.41, 5.74) is 6.39. The Hall–Kier alpha value is -3.78. The molecule has 4 aromatic rings. The number of fused-ring (bicyclic) bond motifs is 1. The average molecular weight is 443 g/mol. The number of nitrogens with one attached hydrogen (secondary N) is 1. The van der Waals surface area contributed by atoms with Crippen LogP contribution in [0.5, 0.6) is 0 Å². The number of hydrogen-bond donors (Lipinski definition) is 1. The minimum absolute atomic E-state index is 0.00504. The first-order valence-electron chi connectivity index (χ1n) is 11.2. The van der Waals surface area contributed by atoms with Gasteiger partial charge in [-0.15, -0.1) is 0 Å². The third-order valence-corrected chi connectivity index (χ3v) is 5.89. The largest absolute Gasteiger partial charge is 0.378 e. The lowest BCUT2D eigenvalue weighted by Crippen LogP contribution is -2.40. The zero-order valence-electron chi connectivity index (χ0n) is 18.8. The molecule has 0 atom stereocenters. The van der Waals surface area contributed by atoms with Crippen LogP contribution in [0.4, 0.5) is 11.6 Å². The maximum Gasteiger partial charge on any atom is 0.254 e. The number of benzene rings is 1. The Morgan fingerprint density at radius 2 is 1.94 bits per heavy atom. The van der Waals surface area contributed by atoms with Gasteiger partial charge in [-0.2, -0.15) is 0 Å². The van der Waals surface area contributed by atoms with E-state index in [1.807, 2.05) is 47.5 Å². The number of carbonyl (C=O) groups excluding carboxylic acids is 1. The second kappa shape index (κ2) is 8.99. The molecule has 0 bridgehead atoms. The number of nitrogens with zero attached hydrogens (tertiary/aromatic N) is 5. The lowest BCUT2D eigenvalue weighted by Gasteiger charge is -2.27. The van der Waals surface area contributed by atoms with Gasteiger partial charge in [-0.05, 0) is 49.7 Å². The van der Waals surface area contributed by atoms with Gasteiger partial charge in [-0.3, -0.25) is 9.78 Å². The monoisotopic (exact) mass is 442 g/mol. The van der Waals surface area contributed by atoms with Crippen molar-refractivity contribution in [1.29, 1.82) is 0 Å². The molecule has 1 saturated heterocycles. The molecular weight excluding hydrogens is 416 g/mol. The van der Waals surface area contributed by atoms with E-state index in [4.69, 9.17) is 9.72 Å². The highest BCUT2D eigenvalue weighted by molar-refractivity contribution is 5.95. The summed E-state index contributed by atoms with van der Waals surface area (Å²) in [7, 11) is 0. The minimum atomic E-state index is 0.00504. The third-order valence-electron chi connectivity index (χ3n) is 5.89. The van der Waals surface area contributed by atoms with Crippen molar-refractivity contribution in [3.63, 3.8) is 0 Å². The van der Waals surface area contributed by atoms with E-state index < -0.39 is 0 Å². The molecule has 1 fully saturated rings. The summed E-state index contributed by atoms with van der Waals surface area (Å²) in [5.74, 6) is 0.471. The predicted octanol–water partition coefficient (Wildman–Crippen LogP) is 4.04. The van der Waals surface area contributed by atoms with Gasteiger partial charge < -0.3 is 19.5 Å². The maximum atomic E-state index is 12.8. The number of morpholine rings is 1. The molecule has 168 valence electrons. The predicted molar refractivity (Wildman–Crippen MR) is 128 cm³/mol. The molecule has 33 heavy (non-hydrogen) atoms. The number of pyridine rings is 1. The number of carbonyl (C=O) groups is 1. The van der Waals surface area contributed by atoms with Crippen LogP contribution in [0.15, 0.2) is 55.0 Å². The Morgan fingerprint density at radius 1 is 1.12 bits per heavy atom. The molecular formula is C25H26N6O2. The van der Waals surface area contributed by atoms with Gasteiger partial charge in [0.2, 0.25) is 5.95 Å². The number of anilines is 2. The van der Waals surface area contributed by atoms with Crippen LogP contribution in [0.25, 0.3) is 22.3 Å².